The van der Waals surface area contributed by atoms with Gasteiger partial charge in [0.05, 0.1) is 16.0 Å². The summed E-state index contributed by atoms with van der Waals surface area (Å²) in [5, 5.41) is 1.21. The predicted molar refractivity (Wildman–Crippen MR) is 95.3 cm³/mol. The maximum atomic E-state index is 12.2. The Labute approximate surface area is 151 Å². The van der Waals surface area contributed by atoms with Crippen molar-refractivity contribution in [2.24, 2.45) is 0 Å². The second-order valence-corrected chi connectivity index (χ2v) is 7.22. The lowest BCUT2D eigenvalue weighted by atomic mass is 10.2. The molecule has 1 aromatic carbocycles. The lowest BCUT2D eigenvalue weighted by molar-refractivity contribution is 0.0462. The number of aromatic nitrogens is 2. The van der Waals surface area contributed by atoms with Crippen LogP contribution in [0.5, 0.6) is 0 Å². The zero-order valence-electron chi connectivity index (χ0n) is 12.8. The lowest BCUT2D eigenvalue weighted by Gasteiger charge is -2.06. The summed E-state index contributed by atoms with van der Waals surface area (Å²) in [6, 6.07) is 4.49. The van der Waals surface area contributed by atoms with Crippen molar-refractivity contribution in [3.8, 4) is 0 Å². The third-order valence-electron chi connectivity index (χ3n) is 3.58. The second kappa shape index (κ2) is 6.55. The predicted octanol–water partition coefficient (Wildman–Crippen LogP) is 4.27. The van der Waals surface area contributed by atoms with Gasteiger partial charge in [-0.1, -0.05) is 23.2 Å². The number of esters is 1. The number of thiophene rings is 1. The third-order valence-corrected chi connectivity index (χ3v) is 5.23. The Balaban J connectivity index is 1.83. The standard InChI is InChI=1S/C16H12Cl2N2O3S/c1-7-8(2)24-15-13(7)14(21)19-12(20-15)6-23-16(22)10-4-3-9(17)5-11(10)18/h3-5H,6H2,1-2H3,(H,19,20,21). The van der Waals surface area contributed by atoms with Gasteiger partial charge in [0.2, 0.25) is 0 Å². The van der Waals surface area contributed by atoms with Gasteiger partial charge in [-0.2, -0.15) is 0 Å². The molecule has 0 radical (unpaired) electrons. The summed E-state index contributed by atoms with van der Waals surface area (Å²) in [5.74, 6) is -0.329. The number of carbonyl (C=O) groups excluding carboxylic acids is 1. The van der Waals surface area contributed by atoms with Crippen molar-refractivity contribution in [2.75, 3.05) is 0 Å². The smallest absolute Gasteiger partial charge is 0.340 e. The molecular weight excluding hydrogens is 371 g/mol. The summed E-state index contributed by atoms with van der Waals surface area (Å²) in [6.07, 6.45) is 0. The molecule has 24 heavy (non-hydrogen) atoms. The van der Waals surface area contributed by atoms with Crippen LogP contribution in [0.3, 0.4) is 0 Å². The number of fused-ring (bicyclic) bond motifs is 1. The van der Waals surface area contributed by atoms with Crippen LogP contribution in [-0.4, -0.2) is 15.9 Å². The lowest BCUT2D eigenvalue weighted by Crippen LogP contribution is -2.14. The normalized spacial score (nSPS) is 11.0. The molecule has 0 bridgehead atoms. The Bertz CT molecular complexity index is 1010. The van der Waals surface area contributed by atoms with Gasteiger partial charge in [0.25, 0.3) is 5.56 Å². The molecule has 0 amide bonds. The number of benzene rings is 1. The molecule has 1 N–H and O–H groups in total. The van der Waals surface area contributed by atoms with Crippen LogP contribution in [0, 0.1) is 13.8 Å². The highest BCUT2D eigenvalue weighted by atomic mass is 35.5. The first-order valence-electron chi connectivity index (χ1n) is 6.98. The summed E-state index contributed by atoms with van der Waals surface area (Å²) in [4.78, 5) is 32.9. The van der Waals surface area contributed by atoms with Crippen LogP contribution in [0.4, 0.5) is 0 Å². The van der Waals surface area contributed by atoms with Crippen molar-refractivity contribution in [2.45, 2.75) is 20.5 Å². The number of H-pyrrole nitrogens is 1. The molecular formula is C16H12Cl2N2O3S. The van der Waals surface area contributed by atoms with Gasteiger partial charge in [-0.05, 0) is 37.6 Å². The van der Waals surface area contributed by atoms with E-state index in [9.17, 15) is 9.59 Å². The van der Waals surface area contributed by atoms with Gasteiger partial charge >= 0.3 is 5.97 Å². The molecule has 8 heteroatoms. The van der Waals surface area contributed by atoms with Crippen molar-refractivity contribution in [1.29, 1.82) is 0 Å². The largest absolute Gasteiger partial charge is 0.454 e. The Morgan fingerprint density at radius 1 is 1.33 bits per heavy atom. The highest BCUT2D eigenvalue weighted by Gasteiger charge is 2.15. The van der Waals surface area contributed by atoms with Gasteiger partial charge in [-0.25, -0.2) is 9.78 Å². The van der Waals surface area contributed by atoms with Gasteiger partial charge in [-0.15, -0.1) is 11.3 Å². The molecule has 0 fully saturated rings. The first-order chi connectivity index (χ1) is 11.4. The number of halogens is 2. The van der Waals surface area contributed by atoms with E-state index in [4.69, 9.17) is 27.9 Å². The van der Waals surface area contributed by atoms with Crippen molar-refractivity contribution in [1.82, 2.24) is 9.97 Å². The number of ether oxygens (including phenoxy) is 1. The molecule has 0 saturated heterocycles. The maximum Gasteiger partial charge on any atom is 0.340 e. The number of aryl methyl sites for hydroxylation is 2. The zero-order valence-corrected chi connectivity index (χ0v) is 15.1. The average molecular weight is 383 g/mol. The fourth-order valence-electron chi connectivity index (χ4n) is 2.23. The number of hydrogen-bond donors (Lipinski definition) is 1. The number of rotatable bonds is 3. The van der Waals surface area contributed by atoms with E-state index >= 15 is 0 Å². The summed E-state index contributed by atoms with van der Waals surface area (Å²) >= 11 is 13.2. The van der Waals surface area contributed by atoms with Crippen molar-refractivity contribution >= 4 is 50.7 Å². The van der Waals surface area contributed by atoms with Gasteiger partial charge in [0, 0.05) is 9.90 Å². The van der Waals surface area contributed by atoms with Gasteiger partial charge < -0.3 is 9.72 Å². The minimum Gasteiger partial charge on any atom is -0.454 e. The van der Waals surface area contributed by atoms with Crippen molar-refractivity contribution in [3.63, 3.8) is 0 Å². The van der Waals surface area contributed by atoms with E-state index in [0.717, 1.165) is 10.4 Å². The molecule has 124 valence electrons. The average Bonchev–Trinajstić information content (AvgIpc) is 2.80. The minimum atomic E-state index is -0.613. The fraction of sp³-hybridized carbons (Fsp3) is 0.188. The molecule has 0 aliphatic heterocycles. The summed E-state index contributed by atoms with van der Waals surface area (Å²) in [5.41, 5.74) is 0.880. The molecule has 0 atom stereocenters. The molecule has 0 aliphatic rings. The molecule has 3 rings (SSSR count). The summed E-state index contributed by atoms with van der Waals surface area (Å²) < 4.78 is 5.18. The molecule has 0 saturated carbocycles. The van der Waals surface area contributed by atoms with Crippen LogP contribution < -0.4 is 5.56 Å². The van der Waals surface area contributed by atoms with E-state index in [1.165, 1.54) is 23.5 Å². The van der Waals surface area contributed by atoms with Crippen LogP contribution in [0.25, 0.3) is 10.2 Å². The SMILES string of the molecule is Cc1sc2nc(COC(=O)c3ccc(Cl)cc3Cl)[nH]c(=O)c2c1C. The molecule has 2 heterocycles. The van der Waals surface area contributed by atoms with E-state index in [1.807, 2.05) is 13.8 Å². The molecule has 0 unspecified atom stereocenters. The number of carbonyl (C=O) groups is 1. The highest BCUT2D eigenvalue weighted by Crippen LogP contribution is 2.26. The molecule has 0 spiro atoms. The van der Waals surface area contributed by atoms with Gasteiger partial charge in [0.15, 0.2) is 0 Å². The van der Waals surface area contributed by atoms with E-state index in [1.54, 1.807) is 6.07 Å². The van der Waals surface area contributed by atoms with Gasteiger partial charge in [0.1, 0.15) is 17.3 Å². The third kappa shape index (κ3) is 3.17. The first kappa shape index (κ1) is 17.0. The van der Waals surface area contributed by atoms with Crippen LogP contribution in [0.15, 0.2) is 23.0 Å². The van der Waals surface area contributed by atoms with Crippen LogP contribution in [0.1, 0.15) is 26.6 Å². The Hall–Kier alpha value is -1.89. The maximum absolute atomic E-state index is 12.2. The van der Waals surface area contributed by atoms with Crippen LogP contribution in [-0.2, 0) is 11.3 Å². The Morgan fingerprint density at radius 2 is 2.08 bits per heavy atom. The number of nitrogens with zero attached hydrogens (tertiary/aromatic N) is 1. The van der Waals surface area contributed by atoms with E-state index in [0.29, 0.717) is 15.2 Å². The van der Waals surface area contributed by atoms with Crippen LogP contribution >= 0.6 is 34.5 Å². The molecule has 0 aliphatic carbocycles. The quantitative estimate of drug-likeness (QED) is 0.686. The van der Waals surface area contributed by atoms with Crippen molar-refractivity contribution in [3.05, 3.63) is 60.4 Å². The highest BCUT2D eigenvalue weighted by molar-refractivity contribution is 7.18. The topological polar surface area (TPSA) is 72.0 Å². The minimum absolute atomic E-state index is 0.154. The van der Waals surface area contributed by atoms with Crippen molar-refractivity contribution < 1.29 is 9.53 Å². The number of hydrogen-bond acceptors (Lipinski definition) is 5. The van der Waals surface area contributed by atoms with Crippen LogP contribution in [0.2, 0.25) is 10.0 Å². The monoisotopic (exact) mass is 382 g/mol. The fourth-order valence-corrected chi connectivity index (χ4v) is 3.77. The number of nitrogens with one attached hydrogen (secondary N) is 1. The van der Waals surface area contributed by atoms with E-state index in [2.05, 4.69) is 9.97 Å². The zero-order chi connectivity index (χ0) is 17.4. The molecule has 2 aromatic heterocycles. The molecule has 5 nitrogen and oxygen atoms in total. The molecule has 3 aromatic rings. The van der Waals surface area contributed by atoms with E-state index < -0.39 is 5.97 Å². The Morgan fingerprint density at radius 3 is 2.79 bits per heavy atom. The second-order valence-electron chi connectivity index (χ2n) is 5.18. The summed E-state index contributed by atoms with van der Waals surface area (Å²) in [7, 11) is 0. The first-order valence-corrected chi connectivity index (χ1v) is 8.55. The van der Waals surface area contributed by atoms with E-state index in [-0.39, 0.29) is 28.6 Å². The Kier molecular flexibility index (Phi) is 4.62. The van der Waals surface area contributed by atoms with Gasteiger partial charge in [-0.3, -0.25) is 4.79 Å². The number of aromatic amines is 1. The summed E-state index contributed by atoms with van der Waals surface area (Å²) in [6.45, 7) is 3.66.